The maximum absolute atomic E-state index is 12.4. The molecule has 0 aromatic heterocycles. The van der Waals surface area contributed by atoms with Gasteiger partial charge in [-0.15, -0.1) is 23.4 Å². The zero-order valence-electron chi connectivity index (χ0n) is 18.8. The van der Waals surface area contributed by atoms with Crippen LogP contribution in [0, 0.1) is 0 Å². The van der Waals surface area contributed by atoms with Crippen LogP contribution in [0.15, 0.2) is 34.9 Å². The topological polar surface area (TPSA) is 83.1 Å². The van der Waals surface area contributed by atoms with Gasteiger partial charge in [0.15, 0.2) is 6.61 Å². The van der Waals surface area contributed by atoms with Crippen LogP contribution >= 0.6 is 23.4 Å². The molecule has 0 amide bonds. The fourth-order valence-corrected chi connectivity index (χ4v) is 5.32. The van der Waals surface area contributed by atoms with Gasteiger partial charge in [-0.1, -0.05) is 12.1 Å². The number of benzene rings is 1. The standard InChI is InChI=1S/C23H30ClNO6S/c1-23(2,3)31-17(26)13-30-19-18(24)20(32-21(19)22(27)28-4)14-6-5-7-16(12-14)25-15-8-10-29-11-9-15/h5-7,12,15,18,20,25H,8-11,13H2,1-4H3. The van der Waals surface area contributed by atoms with Gasteiger partial charge < -0.3 is 24.3 Å². The van der Waals surface area contributed by atoms with Crippen molar-refractivity contribution >= 4 is 41.0 Å². The normalized spacial score (nSPS) is 21.9. The van der Waals surface area contributed by atoms with E-state index in [9.17, 15) is 9.59 Å². The van der Waals surface area contributed by atoms with E-state index in [4.69, 9.17) is 30.5 Å². The lowest BCUT2D eigenvalue weighted by molar-refractivity contribution is -0.159. The van der Waals surface area contributed by atoms with Crippen molar-refractivity contribution in [1.82, 2.24) is 0 Å². The molecule has 176 valence electrons. The molecule has 2 heterocycles. The van der Waals surface area contributed by atoms with Crippen LogP contribution in [0.1, 0.15) is 44.4 Å². The fourth-order valence-electron chi connectivity index (χ4n) is 3.52. The van der Waals surface area contributed by atoms with Crippen molar-refractivity contribution in [2.75, 3.05) is 32.2 Å². The lowest BCUT2D eigenvalue weighted by Crippen LogP contribution is -2.27. The Morgan fingerprint density at radius 2 is 1.97 bits per heavy atom. The number of alkyl halides is 1. The Balaban J connectivity index is 1.73. The summed E-state index contributed by atoms with van der Waals surface area (Å²) in [5.41, 5.74) is 1.30. The Kier molecular flexibility index (Phi) is 8.36. The maximum atomic E-state index is 12.4. The molecule has 0 spiro atoms. The number of esters is 2. The lowest BCUT2D eigenvalue weighted by Gasteiger charge is -2.25. The maximum Gasteiger partial charge on any atom is 0.347 e. The van der Waals surface area contributed by atoms with Crippen LogP contribution in [0.5, 0.6) is 0 Å². The number of carbonyl (C=O) groups is 2. The van der Waals surface area contributed by atoms with E-state index in [1.165, 1.54) is 18.9 Å². The molecular formula is C23H30ClNO6S. The minimum Gasteiger partial charge on any atom is -0.483 e. The van der Waals surface area contributed by atoms with Crippen molar-refractivity contribution < 1.29 is 28.5 Å². The van der Waals surface area contributed by atoms with Crippen molar-refractivity contribution in [3.63, 3.8) is 0 Å². The molecule has 3 rings (SSSR count). The quantitative estimate of drug-likeness (QED) is 0.451. The Morgan fingerprint density at radius 1 is 1.25 bits per heavy atom. The van der Waals surface area contributed by atoms with Crippen LogP contribution < -0.4 is 5.32 Å². The molecule has 2 atom stereocenters. The zero-order chi connectivity index (χ0) is 23.3. The summed E-state index contributed by atoms with van der Waals surface area (Å²) >= 11 is 8.02. The van der Waals surface area contributed by atoms with E-state index >= 15 is 0 Å². The minimum atomic E-state index is -0.644. The first kappa shape index (κ1) is 24.7. The SMILES string of the molecule is COC(=O)C1=C(OCC(=O)OC(C)(C)C)C(Cl)C(c2cccc(NC3CCOCC3)c2)S1. The molecule has 1 saturated heterocycles. The fraction of sp³-hybridized carbons (Fsp3) is 0.565. The van der Waals surface area contributed by atoms with Gasteiger partial charge in [-0.2, -0.15) is 0 Å². The van der Waals surface area contributed by atoms with Gasteiger partial charge in [0.05, 0.1) is 12.4 Å². The van der Waals surface area contributed by atoms with E-state index < -0.39 is 22.9 Å². The number of methoxy groups -OCH3 is 1. The molecule has 1 aromatic carbocycles. The monoisotopic (exact) mass is 483 g/mol. The summed E-state index contributed by atoms with van der Waals surface area (Å²) in [5, 5.41) is 2.64. The highest BCUT2D eigenvalue weighted by molar-refractivity contribution is 8.04. The largest absolute Gasteiger partial charge is 0.483 e. The smallest absolute Gasteiger partial charge is 0.347 e. The van der Waals surface area contributed by atoms with E-state index in [1.54, 1.807) is 20.8 Å². The molecule has 1 fully saturated rings. The zero-order valence-corrected chi connectivity index (χ0v) is 20.4. The van der Waals surface area contributed by atoms with Gasteiger partial charge in [-0.25, -0.2) is 9.59 Å². The Hall–Kier alpha value is -1.90. The van der Waals surface area contributed by atoms with Crippen LogP contribution in [0.3, 0.4) is 0 Å². The second kappa shape index (κ2) is 10.8. The molecule has 9 heteroatoms. The van der Waals surface area contributed by atoms with E-state index in [1.807, 2.05) is 24.3 Å². The number of carbonyl (C=O) groups excluding carboxylic acids is 2. The molecule has 2 aliphatic heterocycles. The summed E-state index contributed by atoms with van der Waals surface area (Å²) in [6, 6.07) is 8.33. The van der Waals surface area contributed by atoms with Crippen LogP contribution in [0.2, 0.25) is 0 Å². The number of hydrogen-bond acceptors (Lipinski definition) is 8. The summed E-state index contributed by atoms with van der Waals surface area (Å²) in [5.74, 6) is -0.838. The molecule has 2 aliphatic rings. The molecule has 7 nitrogen and oxygen atoms in total. The highest BCUT2D eigenvalue weighted by atomic mass is 35.5. The van der Waals surface area contributed by atoms with Gasteiger partial charge >= 0.3 is 11.9 Å². The first-order valence-electron chi connectivity index (χ1n) is 10.6. The number of hydrogen-bond donors (Lipinski definition) is 1. The third-order valence-corrected chi connectivity index (χ3v) is 6.93. The van der Waals surface area contributed by atoms with E-state index in [2.05, 4.69) is 5.32 Å². The number of ether oxygens (including phenoxy) is 4. The average Bonchev–Trinajstić information content (AvgIpc) is 3.07. The molecule has 2 unspecified atom stereocenters. The van der Waals surface area contributed by atoms with Crippen LogP contribution in [0.25, 0.3) is 0 Å². The van der Waals surface area contributed by atoms with Gasteiger partial charge in [0.25, 0.3) is 0 Å². The summed E-state index contributed by atoms with van der Waals surface area (Å²) in [6.07, 6.45) is 1.91. The summed E-state index contributed by atoms with van der Waals surface area (Å²) in [6.45, 7) is 6.50. The molecule has 0 saturated carbocycles. The Bertz CT molecular complexity index is 862. The van der Waals surface area contributed by atoms with Crippen molar-refractivity contribution in [3.8, 4) is 0 Å². The van der Waals surface area contributed by atoms with Gasteiger partial charge in [-0.3, -0.25) is 0 Å². The highest BCUT2D eigenvalue weighted by Crippen LogP contribution is 2.51. The van der Waals surface area contributed by atoms with Gasteiger partial charge in [0, 0.05) is 24.9 Å². The first-order chi connectivity index (χ1) is 15.2. The van der Waals surface area contributed by atoms with E-state index in [-0.39, 0.29) is 22.5 Å². The Morgan fingerprint density at radius 3 is 2.62 bits per heavy atom. The van der Waals surface area contributed by atoms with Crippen LogP contribution in [0.4, 0.5) is 5.69 Å². The summed E-state index contributed by atoms with van der Waals surface area (Å²) < 4.78 is 21.3. The van der Waals surface area contributed by atoms with E-state index in [0.717, 1.165) is 37.3 Å². The Labute approximate surface area is 198 Å². The third kappa shape index (κ3) is 6.56. The number of allylic oxidation sites excluding steroid dienone is 1. The van der Waals surface area contributed by atoms with Crippen LogP contribution in [-0.2, 0) is 28.5 Å². The molecule has 1 N–H and O–H groups in total. The second-order valence-electron chi connectivity index (χ2n) is 8.66. The van der Waals surface area contributed by atoms with Crippen LogP contribution in [-0.4, -0.2) is 55.9 Å². The van der Waals surface area contributed by atoms with Crippen molar-refractivity contribution in [3.05, 3.63) is 40.5 Å². The molecular weight excluding hydrogens is 454 g/mol. The third-order valence-electron chi connectivity index (χ3n) is 4.93. The molecule has 1 aromatic rings. The number of nitrogens with one attached hydrogen (secondary N) is 1. The van der Waals surface area contributed by atoms with Crippen molar-refractivity contribution in [2.24, 2.45) is 0 Å². The predicted molar refractivity (Wildman–Crippen MR) is 125 cm³/mol. The number of halogens is 1. The molecule has 0 bridgehead atoms. The lowest BCUT2D eigenvalue weighted by atomic mass is 10.1. The average molecular weight is 484 g/mol. The molecule has 0 aliphatic carbocycles. The van der Waals surface area contributed by atoms with Gasteiger partial charge in [-0.05, 0) is 51.3 Å². The van der Waals surface area contributed by atoms with Crippen molar-refractivity contribution in [1.29, 1.82) is 0 Å². The predicted octanol–water partition coefficient (Wildman–Crippen LogP) is 4.42. The van der Waals surface area contributed by atoms with Gasteiger partial charge in [0.2, 0.25) is 0 Å². The highest BCUT2D eigenvalue weighted by Gasteiger charge is 2.41. The summed E-state index contributed by atoms with van der Waals surface area (Å²) in [4.78, 5) is 24.7. The second-order valence-corrected chi connectivity index (χ2v) is 10.3. The number of anilines is 1. The van der Waals surface area contributed by atoms with Crippen molar-refractivity contribution in [2.45, 2.75) is 55.9 Å². The first-order valence-corrected chi connectivity index (χ1v) is 11.9. The van der Waals surface area contributed by atoms with Gasteiger partial charge in [0.1, 0.15) is 21.6 Å². The number of rotatable bonds is 7. The minimum absolute atomic E-state index is 0.238. The molecule has 0 radical (unpaired) electrons. The van der Waals surface area contributed by atoms with E-state index in [0.29, 0.717) is 6.04 Å². The summed E-state index contributed by atoms with van der Waals surface area (Å²) in [7, 11) is 1.30. The molecule has 32 heavy (non-hydrogen) atoms. The number of thioether (sulfide) groups is 1.